The molecule has 3 heteroatoms. The maximum atomic E-state index is 6.39. The lowest BCUT2D eigenvalue weighted by Gasteiger charge is -2.33. The number of methoxy groups -OCH3 is 1. The van der Waals surface area contributed by atoms with Gasteiger partial charge in [-0.3, -0.25) is 0 Å². The van der Waals surface area contributed by atoms with E-state index >= 15 is 0 Å². The number of hydrogen-bond acceptors (Lipinski definition) is 3. The lowest BCUT2D eigenvalue weighted by molar-refractivity contribution is -0.0669. The standard InChI is InChI=1S/C15H29NO2/c1-16-13(12-17-2)6-7-14-8-11-15(18-14)9-4-3-5-10-15/h13-14,16H,3-12H2,1-2H3. The van der Waals surface area contributed by atoms with Gasteiger partial charge in [-0.2, -0.15) is 0 Å². The Balaban J connectivity index is 1.72. The fourth-order valence-electron chi connectivity index (χ4n) is 3.56. The summed E-state index contributed by atoms with van der Waals surface area (Å²) in [6.07, 6.45) is 12.2. The molecule has 1 saturated carbocycles. The Bertz CT molecular complexity index is 239. The van der Waals surface area contributed by atoms with Crippen LogP contribution in [0.15, 0.2) is 0 Å². The molecule has 1 saturated heterocycles. The quantitative estimate of drug-likeness (QED) is 0.791. The topological polar surface area (TPSA) is 30.5 Å². The largest absolute Gasteiger partial charge is 0.383 e. The zero-order valence-corrected chi connectivity index (χ0v) is 12.0. The van der Waals surface area contributed by atoms with Crippen molar-refractivity contribution in [1.82, 2.24) is 5.32 Å². The van der Waals surface area contributed by atoms with Crippen LogP contribution in [0.1, 0.15) is 57.8 Å². The Kier molecular flexibility index (Phi) is 5.46. The monoisotopic (exact) mass is 255 g/mol. The predicted molar refractivity (Wildman–Crippen MR) is 73.9 cm³/mol. The molecule has 2 atom stereocenters. The van der Waals surface area contributed by atoms with Gasteiger partial charge in [0.2, 0.25) is 0 Å². The van der Waals surface area contributed by atoms with Crippen LogP contribution in [0.25, 0.3) is 0 Å². The molecule has 0 bridgehead atoms. The summed E-state index contributed by atoms with van der Waals surface area (Å²) in [7, 11) is 3.79. The highest BCUT2D eigenvalue weighted by molar-refractivity contribution is 4.91. The van der Waals surface area contributed by atoms with Crippen LogP contribution in [0.5, 0.6) is 0 Å². The normalized spacial score (nSPS) is 28.7. The van der Waals surface area contributed by atoms with E-state index in [1.54, 1.807) is 7.11 Å². The van der Waals surface area contributed by atoms with Gasteiger partial charge >= 0.3 is 0 Å². The molecule has 3 nitrogen and oxygen atoms in total. The van der Waals surface area contributed by atoms with E-state index in [-0.39, 0.29) is 5.60 Å². The third kappa shape index (κ3) is 3.69. The molecule has 18 heavy (non-hydrogen) atoms. The predicted octanol–water partition coefficient (Wildman–Crippen LogP) is 2.88. The second-order valence-corrected chi connectivity index (χ2v) is 6.04. The van der Waals surface area contributed by atoms with Gasteiger partial charge in [-0.1, -0.05) is 19.3 Å². The second-order valence-electron chi connectivity index (χ2n) is 6.04. The average molecular weight is 255 g/mol. The Morgan fingerprint density at radius 1 is 1.28 bits per heavy atom. The molecule has 0 aromatic heterocycles. The van der Waals surface area contributed by atoms with E-state index in [9.17, 15) is 0 Å². The van der Waals surface area contributed by atoms with Crippen molar-refractivity contribution in [2.24, 2.45) is 0 Å². The van der Waals surface area contributed by atoms with E-state index in [1.807, 2.05) is 7.05 Å². The van der Waals surface area contributed by atoms with Crippen LogP contribution < -0.4 is 5.32 Å². The zero-order chi connectivity index (χ0) is 12.8. The summed E-state index contributed by atoms with van der Waals surface area (Å²) in [6, 6.07) is 0.474. The Morgan fingerprint density at radius 2 is 2.06 bits per heavy atom. The van der Waals surface area contributed by atoms with E-state index in [4.69, 9.17) is 9.47 Å². The molecule has 1 spiro atoms. The zero-order valence-electron chi connectivity index (χ0n) is 12.0. The minimum atomic E-state index is 0.277. The van der Waals surface area contributed by atoms with E-state index < -0.39 is 0 Å². The molecule has 2 fully saturated rings. The Labute approximate surface area is 112 Å². The first-order chi connectivity index (χ1) is 8.78. The van der Waals surface area contributed by atoms with Crippen molar-refractivity contribution in [3.8, 4) is 0 Å². The smallest absolute Gasteiger partial charge is 0.0687 e. The summed E-state index contributed by atoms with van der Waals surface area (Å²) in [5.74, 6) is 0. The van der Waals surface area contributed by atoms with Crippen molar-refractivity contribution in [1.29, 1.82) is 0 Å². The fourth-order valence-corrected chi connectivity index (χ4v) is 3.56. The summed E-state index contributed by atoms with van der Waals surface area (Å²) < 4.78 is 11.6. The second kappa shape index (κ2) is 6.88. The summed E-state index contributed by atoms with van der Waals surface area (Å²) in [5.41, 5.74) is 0.277. The van der Waals surface area contributed by atoms with E-state index in [0.717, 1.165) is 13.0 Å². The molecule has 1 N–H and O–H groups in total. The fraction of sp³-hybridized carbons (Fsp3) is 1.00. The number of hydrogen-bond donors (Lipinski definition) is 1. The van der Waals surface area contributed by atoms with Crippen LogP contribution in [-0.4, -0.2) is 38.5 Å². The molecule has 2 rings (SSSR count). The lowest BCUT2D eigenvalue weighted by atomic mass is 9.83. The van der Waals surface area contributed by atoms with E-state index in [2.05, 4.69) is 5.32 Å². The van der Waals surface area contributed by atoms with E-state index in [1.165, 1.54) is 51.4 Å². The van der Waals surface area contributed by atoms with Crippen molar-refractivity contribution in [3.05, 3.63) is 0 Å². The minimum Gasteiger partial charge on any atom is -0.383 e. The van der Waals surface area contributed by atoms with Gasteiger partial charge in [0.05, 0.1) is 18.3 Å². The van der Waals surface area contributed by atoms with Crippen LogP contribution in [0.3, 0.4) is 0 Å². The highest BCUT2D eigenvalue weighted by atomic mass is 16.5. The number of ether oxygens (including phenoxy) is 2. The molecular weight excluding hydrogens is 226 g/mol. The molecule has 1 aliphatic heterocycles. The molecule has 1 aliphatic carbocycles. The van der Waals surface area contributed by atoms with Gasteiger partial charge in [0.1, 0.15) is 0 Å². The average Bonchev–Trinajstić information content (AvgIpc) is 2.78. The molecular formula is C15H29NO2. The Morgan fingerprint density at radius 3 is 2.72 bits per heavy atom. The molecule has 0 aromatic rings. The van der Waals surface area contributed by atoms with Crippen LogP contribution in [0, 0.1) is 0 Å². The van der Waals surface area contributed by atoms with Gasteiger partial charge < -0.3 is 14.8 Å². The van der Waals surface area contributed by atoms with Gasteiger partial charge in [-0.05, 0) is 45.6 Å². The van der Waals surface area contributed by atoms with Gasteiger partial charge in [-0.15, -0.1) is 0 Å². The first kappa shape index (κ1) is 14.3. The molecule has 106 valence electrons. The van der Waals surface area contributed by atoms with Crippen molar-refractivity contribution >= 4 is 0 Å². The molecule has 0 radical (unpaired) electrons. The van der Waals surface area contributed by atoms with Crippen LogP contribution in [0.2, 0.25) is 0 Å². The van der Waals surface area contributed by atoms with Crippen molar-refractivity contribution in [2.45, 2.75) is 75.5 Å². The number of nitrogens with one attached hydrogen (secondary N) is 1. The maximum absolute atomic E-state index is 6.39. The summed E-state index contributed by atoms with van der Waals surface area (Å²) in [6.45, 7) is 0.800. The molecule has 0 amide bonds. The van der Waals surface area contributed by atoms with Crippen molar-refractivity contribution in [3.63, 3.8) is 0 Å². The van der Waals surface area contributed by atoms with E-state index in [0.29, 0.717) is 12.1 Å². The van der Waals surface area contributed by atoms with Crippen molar-refractivity contribution < 1.29 is 9.47 Å². The van der Waals surface area contributed by atoms with Gasteiger partial charge in [-0.25, -0.2) is 0 Å². The summed E-state index contributed by atoms with van der Waals surface area (Å²) >= 11 is 0. The third-order valence-electron chi connectivity index (χ3n) is 4.72. The summed E-state index contributed by atoms with van der Waals surface area (Å²) in [4.78, 5) is 0. The Hall–Kier alpha value is -0.120. The van der Waals surface area contributed by atoms with Gasteiger partial charge in [0, 0.05) is 13.2 Å². The number of rotatable bonds is 6. The summed E-state index contributed by atoms with van der Waals surface area (Å²) in [5, 5.41) is 3.32. The van der Waals surface area contributed by atoms with Gasteiger partial charge in [0.15, 0.2) is 0 Å². The van der Waals surface area contributed by atoms with Crippen molar-refractivity contribution in [2.75, 3.05) is 20.8 Å². The number of likely N-dealkylation sites (N-methyl/N-ethyl adjacent to an activating group) is 1. The third-order valence-corrected chi connectivity index (χ3v) is 4.72. The SMILES string of the molecule is CNC(CCC1CCC2(CCCCC2)O1)COC. The highest BCUT2D eigenvalue weighted by Crippen LogP contribution is 2.42. The minimum absolute atomic E-state index is 0.277. The molecule has 2 unspecified atom stereocenters. The van der Waals surface area contributed by atoms with Crippen LogP contribution >= 0.6 is 0 Å². The molecule has 1 heterocycles. The van der Waals surface area contributed by atoms with Crippen LogP contribution in [0.4, 0.5) is 0 Å². The highest BCUT2D eigenvalue weighted by Gasteiger charge is 2.40. The molecule has 2 aliphatic rings. The first-order valence-electron chi connectivity index (χ1n) is 7.62. The van der Waals surface area contributed by atoms with Crippen LogP contribution in [-0.2, 0) is 9.47 Å². The maximum Gasteiger partial charge on any atom is 0.0687 e. The lowest BCUT2D eigenvalue weighted by Crippen LogP contribution is -2.33. The van der Waals surface area contributed by atoms with Gasteiger partial charge in [0.25, 0.3) is 0 Å². The molecule has 0 aromatic carbocycles. The first-order valence-corrected chi connectivity index (χ1v) is 7.62.